The van der Waals surface area contributed by atoms with Crippen LogP contribution in [0.25, 0.3) is 11.3 Å². The zero-order chi connectivity index (χ0) is 18.8. The molecule has 4 rings (SSSR count). The van der Waals surface area contributed by atoms with E-state index in [2.05, 4.69) is 27.0 Å². The Bertz CT molecular complexity index is 949. The fraction of sp³-hybridized carbons (Fsp3) is 0.286. The van der Waals surface area contributed by atoms with Crippen molar-refractivity contribution in [2.75, 3.05) is 13.1 Å². The van der Waals surface area contributed by atoms with Crippen molar-refractivity contribution in [3.05, 3.63) is 71.2 Å². The lowest BCUT2D eigenvalue weighted by atomic mass is 10.0. The normalized spacial score (nSPS) is 17.3. The number of H-pyrrole nitrogens is 1. The zero-order valence-corrected chi connectivity index (χ0v) is 15.2. The molecule has 0 spiro atoms. The molecule has 3 aromatic rings. The lowest BCUT2D eigenvalue weighted by Crippen LogP contribution is -2.20. The van der Waals surface area contributed by atoms with Gasteiger partial charge in [0.15, 0.2) is 0 Å². The summed E-state index contributed by atoms with van der Waals surface area (Å²) in [5, 5.41) is 16.6. The summed E-state index contributed by atoms with van der Waals surface area (Å²) in [6.07, 6.45) is 4.86. The van der Waals surface area contributed by atoms with Gasteiger partial charge in [-0.05, 0) is 43.1 Å². The van der Waals surface area contributed by atoms with E-state index in [-0.39, 0.29) is 5.56 Å². The molecule has 1 saturated heterocycles. The minimum atomic E-state index is -0.936. The number of carbonyl (C=O) groups is 1. The number of likely N-dealkylation sites (tertiary alicyclic amines) is 1. The van der Waals surface area contributed by atoms with E-state index in [9.17, 15) is 9.90 Å². The molecule has 0 amide bonds. The van der Waals surface area contributed by atoms with E-state index in [1.165, 1.54) is 11.3 Å². The maximum atomic E-state index is 11.4. The van der Waals surface area contributed by atoms with E-state index in [4.69, 9.17) is 0 Å². The van der Waals surface area contributed by atoms with Crippen LogP contribution in [0.15, 0.2) is 48.8 Å². The molecule has 0 saturated carbocycles. The molecule has 3 heterocycles. The number of aryl methyl sites for hydroxylation is 1. The summed E-state index contributed by atoms with van der Waals surface area (Å²) < 4.78 is 0. The summed E-state index contributed by atoms with van der Waals surface area (Å²) in [6.45, 7) is 5.00. The highest BCUT2D eigenvalue weighted by Gasteiger charge is 2.26. The van der Waals surface area contributed by atoms with Gasteiger partial charge in [0.1, 0.15) is 0 Å². The highest BCUT2D eigenvalue weighted by atomic mass is 16.4. The fourth-order valence-electron chi connectivity index (χ4n) is 3.81. The van der Waals surface area contributed by atoms with Crippen LogP contribution in [-0.4, -0.2) is 44.2 Å². The van der Waals surface area contributed by atoms with Crippen LogP contribution in [0.1, 0.15) is 39.5 Å². The van der Waals surface area contributed by atoms with Crippen molar-refractivity contribution in [3.8, 4) is 11.3 Å². The van der Waals surface area contributed by atoms with Crippen molar-refractivity contribution in [2.24, 2.45) is 0 Å². The van der Waals surface area contributed by atoms with E-state index in [0.717, 1.165) is 31.6 Å². The van der Waals surface area contributed by atoms with Crippen LogP contribution in [-0.2, 0) is 6.54 Å². The predicted molar refractivity (Wildman–Crippen MR) is 103 cm³/mol. The Hall–Kier alpha value is -2.99. The van der Waals surface area contributed by atoms with Gasteiger partial charge in [0.2, 0.25) is 0 Å². The summed E-state index contributed by atoms with van der Waals surface area (Å²) in [5.41, 5.74) is 5.21. The second-order valence-corrected chi connectivity index (χ2v) is 7.09. The van der Waals surface area contributed by atoms with Crippen LogP contribution in [0, 0.1) is 6.92 Å². The molecule has 1 aliphatic rings. The van der Waals surface area contributed by atoms with Crippen LogP contribution < -0.4 is 0 Å². The topological polar surface area (TPSA) is 82.1 Å². The molecule has 0 radical (unpaired) electrons. The molecule has 138 valence electrons. The maximum absolute atomic E-state index is 11.4. The molecule has 1 aromatic carbocycles. The number of hydrogen-bond acceptors (Lipinski definition) is 4. The number of aromatic nitrogens is 3. The SMILES string of the molecule is Cc1cn[nH]c1C1CCN(Cc2ccc(-c3ccccc3C(=O)O)nc2)C1. The average Bonchev–Trinajstić information content (AvgIpc) is 3.31. The molecule has 6 nitrogen and oxygen atoms in total. The summed E-state index contributed by atoms with van der Waals surface area (Å²) in [4.78, 5) is 18.3. The van der Waals surface area contributed by atoms with Gasteiger partial charge in [-0.2, -0.15) is 5.10 Å². The number of aromatic carboxylic acids is 1. The number of aromatic amines is 1. The minimum absolute atomic E-state index is 0.273. The number of hydrogen-bond donors (Lipinski definition) is 2. The Labute approximate surface area is 157 Å². The molecule has 27 heavy (non-hydrogen) atoms. The summed E-state index contributed by atoms with van der Waals surface area (Å²) in [6, 6.07) is 10.9. The Kier molecular flexibility index (Phi) is 4.73. The van der Waals surface area contributed by atoms with Crippen LogP contribution in [0.5, 0.6) is 0 Å². The first kappa shape index (κ1) is 17.4. The van der Waals surface area contributed by atoms with Crippen molar-refractivity contribution in [1.82, 2.24) is 20.1 Å². The van der Waals surface area contributed by atoms with E-state index < -0.39 is 5.97 Å². The van der Waals surface area contributed by atoms with Gasteiger partial charge in [-0.15, -0.1) is 0 Å². The highest BCUT2D eigenvalue weighted by Crippen LogP contribution is 2.29. The Morgan fingerprint density at radius 2 is 2.11 bits per heavy atom. The lowest BCUT2D eigenvalue weighted by molar-refractivity contribution is 0.0697. The number of pyridine rings is 1. The van der Waals surface area contributed by atoms with E-state index in [1.807, 2.05) is 30.6 Å². The van der Waals surface area contributed by atoms with Gasteiger partial charge in [-0.25, -0.2) is 4.79 Å². The third-order valence-electron chi connectivity index (χ3n) is 5.21. The number of rotatable bonds is 5. The molecule has 1 atom stereocenters. The van der Waals surface area contributed by atoms with Crippen LogP contribution in [0.3, 0.4) is 0 Å². The Morgan fingerprint density at radius 3 is 2.81 bits per heavy atom. The molecule has 0 aliphatic carbocycles. The minimum Gasteiger partial charge on any atom is -0.478 e. The number of carboxylic acids is 1. The van der Waals surface area contributed by atoms with Gasteiger partial charge < -0.3 is 5.11 Å². The number of benzene rings is 1. The summed E-state index contributed by atoms with van der Waals surface area (Å²) >= 11 is 0. The summed E-state index contributed by atoms with van der Waals surface area (Å²) in [7, 11) is 0. The quantitative estimate of drug-likeness (QED) is 0.726. The molecule has 2 N–H and O–H groups in total. The first-order valence-electron chi connectivity index (χ1n) is 9.11. The number of nitrogens with one attached hydrogen (secondary N) is 1. The van der Waals surface area contributed by atoms with Gasteiger partial charge in [0.05, 0.1) is 17.5 Å². The Balaban J connectivity index is 1.45. The first-order chi connectivity index (χ1) is 13.1. The standard InChI is InChI=1S/C21H22N4O2/c1-14-10-23-24-20(14)16-8-9-25(13-16)12-15-6-7-19(22-11-15)17-4-2-3-5-18(17)21(26)27/h2-7,10-11,16H,8-9,12-13H2,1H3,(H,23,24)(H,26,27). The first-order valence-corrected chi connectivity index (χ1v) is 9.11. The summed E-state index contributed by atoms with van der Waals surface area (Å²) in [5.74, 6) is -0.434. The van der Waals surface area contributed by atoms with Crippen LogP contribution in [0.4, 0.5) is 0 Å². The molecular weight excluding hydrogens is 340 g/mol. The maximum Gasteiger partial charge on any atom is 0.336 e. The van der Waals surface area contributed by atoms with Gasteiger partial charge in [-0.1, -0.05) is 24.3 Å². The van der Waals surface area contributed by atoms with Crippen molar-refractivity contribution in [3.63, 3.8) is 0 Å². The molecule has 1 unspecified atom stereocenters. The number of nitrogens with zero attached hydrogens (tertiary/aromatic N) is 3. The van der Waals surface area contributed by atoms with Gasteiger partial charge in [0, 0.05) is 36.5 Å². The van der Waals surface area contributed by atoms with Crippen LogP contribution >= 0.6 is 0 Å². The fourth-order valence-corrected chi connectivity index (χ4v) is 3.81. The van der Waals surface area contributed by atoms with Crippen molar-refractivity contribution in [2.45, 2.75) is 25.8 Å². The van der Waals surface area contributed by atoms with Crippen molar-refractivity contribution < 1.29 is 9.90 Å². The smallest absolute Gasteiger partial charge is 0.336 e. The second kappa shape index (κ2) is 7.32. The van der Waals surface area contributed by atoms with Crippen molar-refractivity contribution in [1.29, 1.82) is 0 Å². The largest absolute Gasteiger partial charge is 0.478 e. The van der Waals surface area contributed by atoms with Gasteiger partial charge >= 0.3 is 5.97 Å². The molecule has 0 bridgehead atoms. The molecule has 2 aromatic heterocycles. The number of carboxylic acid groups (broad SMARTS) is 1. The lowest BCUT2D eigenvalue weighted by Gasteiger charge is -2.16. The average molecular weight is 362 g/mol. The third-order valence-corrected chi connectivity index (χ3v) is 5.21. The molecule has 1 aliphatic heterocycles. The zero-order valence-electron chi connectivity index (χ0n) is 15.2. The Morgan fingerprint density at radius 1 is 1.26 bits per heavy atom. The highest BCUT2D eigenvalue weighted by molar-refractivity contribution is 5.95. The predicted octanol–water partition coefficient (Wildman–Crippen LogP) is 3.47. The van der Waals surface area contributed by atoms with Gasteiger partial charge in [0.25, 0.3) is 0 Å². The third kappa shape index (κ3) is 3.61. The monoisotopic (exact) mass is 362 g/mol. The van der Waals surface area contributed by atoms with Crippen molar-refractivity contribution >= 4 is 5.97 Å². The van der Waals surface area contributed by atoms with Gasteiger partial charge in [-0.3, -0.25) is 15.0 Å². The molecule has 1 fully saturated rings. The van der Waals surface area contributed by atoms with Crippen LogP contribution in [0.2, 0.25) is 0 Å². The van der Waals surface area contributed by atoms with E-state index in [1.54, 1.807) is 18.2 Å². The van der Waals surface area contributed by atoms with E-state index in [0.29, 0.717) is 17.2 Å². The molecule has 6 heteroatoms. The molecular formula is C21H22N4O2. The van der Waals surface area contributed by atoms with E-state index >= 15 is 0 Å². The second-order valence-electron chi connectivity index (χ2n) is 7.09.